The molecule has 19 heavy (non-hydrogen) atoms. The molecule has 0 spiro atoms. The lowest BCUT2D eigenvalue weighted by atomic mass is 10.1. The number of hydrogen-bond acceptors (Lipinski definition) is 2. The van der Waals surface area contributed by atoms with E-state index in [4.69, 9.17) is 0 Å². The van der Waals surface area contributed by atoms with Gasteiger partial charge in [-0.2, -0.15) is 0 Å². The lowest BCUT2D eigenvalue weighted by Gasteiger charge is -2.18. The Kier molecular flexibility index (Phi) is 2.46. The molecular formula is C15H18N2O2. The summed E-state index contributed by atoms with van der Waals surface area (Å²) < 4.78 is 2.16. The Balaban J connectivity index is 2.40. The zero-order valence-electron chi connectivity index (χ0n) is 11.5. The normalized spacial score (nSPS) is 17.1. The molecule has 1 aromatic heterocycles. The monoisotopic (exact) mass is 258 g/mol. The van der Waals surface area contributed by atoms with Crippen LogP contribution in [0.3, 0.4) is 0 Å². The van der Waals surface area contributed by atoms with Gasteiger partial charge in [-0.1, -0.05) is 19.9 Å². The summed E-state index contributed by atoms with van der Waals surface area (Å²) in [5.74, 6) is 0.390. The number of aromatic nitrogens is 2. The minimum absolute atomic E-state index is 0.0416. The summed E-state index contributed by atoms with van der Waals surface area (Å²) >= 11 is 0. The Morgan fingerprint density at radius 1 is 1.42 bits per heavy atom. The predicted octanol–water partition coefficient (Wildman–Crippen LogP) is 3.37. The Hall–Kier alpha value is -1.84. The van der Waals surface area contributed by atoms with Gasteiger partial charge in [0.1, 0.15) is 5.82 Å². The quantitative estimate of drug-likeness (QED) is 0.918. The SMILES string of the molecule is CC(C)c1nc2cccc(C(=O)O)c2n1C1(C)CC1. The number of carboxylic acid groups (broad SMARTS) is 1. The van der Waals surface area contributed by atoms with Gasteiger partial charge in [-0.15, -0.1) is 0 Å². The zero-order chi connectivity index (χ0) is 13.8. The van der Waals surface area contributed by atoms with E-state index in [1.807, 2.05) is 6.07 Å². The van der Waals surface area contributed by atoms with Crippen molar-refractivity contribution in [1.29, 1.82) is 0 Å². The molecule has 2 aromatic rings. The summed E-state index contributed by atoms with van der Waals surface area (Å²) in [5.41, 5.74) is 1.96. The van der Waals surface area contributed by atoms with Gasteiger partial charge in [0.25, 0.3) is 0 Å². The van der Waals surface area contributed by atoms with Gasteiger partial charge in [0.05, 0.1) is 16.6 Å². The highest BCUT2D eigenvalue weighted by Crippen LogP contribution is 2.47. The van der Waals surface area contributed by atoms with Crippen LogP contribution in [-0.2, 0) is 5.54 Å². The van der Waals surface area contributed by atoms with Crippen molar-refractivity contribution in [2.45, 2.75) is 45.1 Å². The molecule has 1 N–H and O–H groups in total. The van der Waals surface area contributed by atoms with Crippen LogP contribution in [0.5, 0.6) is 0 Å². The van der Waals surface area contributed by atoms with Gasteiger partial charge < -0.3 is 9.67 Å². The number of fused-ring (bicyclic) bond motifs is 1. The summed E-state index contributed by atoms with van der Waals surface area (Å²) in [6.45, 7) is 6.38. The molecule has 0 atom stereocenters. The molecule has 0 amide bonds. The van der Waals surface area contributed by atoms with Crippen LogP contribution >= 0.6 is 0 Å². The van der Waals surface area contributed by atoms with Crippen molar-refractivity contribution in [3.8, 4) is 0 Å². The van der Waals surface area contributed by atoms with Gasteiger partial charge in [-0.3, -0.25) is 0 Å². The summed E-state index contributed by atoms with van der Waals surface area (Å²) in [5, 5.41) is 9.40. The summed E-state index contributed by atoms with van der Waals surface area (Å²) in [6, 6.07) is 5.33. The third-order valence-corrected chi connectivity index (χ3v) is 3.96. The summed E-state index contributed by atoms with van der Waals surface area (Å²) in [4.78, 5) is 16.1. The maximum absolute atomic E-state index is 11.5. The number of imidazole rings is 1. The summed E-state index contributed by atoms with van der Waals surface area (Å²) in [7, 11) is 0. The van der Waals surface area contributed by atoms with Crippen LogP contribution in [0.4, 0.5) is 0 Å². The van der Waals surface area contributed by atoms with Crippen molar-refractivity contribution in [2.24, 2.45) is 0 Å². The molecule has 4 nitrogen and oxygen atoms in total. The molecular weight excluding hydrogens is 240 g/mol. The molecule has 1 aromatic carbocycles. The van der Waals surface area contributed by atoms with Crippen LogP contribution in [0.25, 0.3) is 11.0 Å². The van der Waals surface area contributed by atoms with E-state index >= 15 is 0 Å². The number of nitrogens with zero attached hydrogens (tertiary/aromatic N) is 2. The van der Waals surface area contributed by atoms with E-state index in [2.05, 4.69) is 30.3 Å². The molecule has 0 bridgehead atoms. The van der Waals surface area contributed by atoms with Gasteiger partial charge in [-0.25, -0.2) is 9.78 Å². The average Bonchev–Trinajstić information content (AvgIpc) is 2.95. The standard InChI is InChI=1S/C15H18N2O2/c1-9(2)13-16-11-6-4-5-10(14(18)19)12(11)17(13)15(3)7-8-15/h4-6,9H,7-8H2,1-3H3,(H,18,19). The maximum Gasteiger partial charge on any atom is 0.337 e. The third kappa shape index (κ3) is 1.74. The molecule has 0 aliphatic heterocycles. The zero-order valence-corrected chi connectivity index (χ0v) is 11.5. The second-order valence-corrected chi connectivity index (χ2v) is 5.94. The number of aromatic carboxylic acids is 1. The number of rotatable bonds is 3. The molecule has 0 saturated heterocycles. The average molecular weight is 258 g/mol. The van der Waals surface area contributed by atoms with Gasteiger partial charge in [-0.05, 0) is 31.9 Å². The Morgan fingerprint density at radius 2 is 2.11 bits per heavy atom. The van der Waals surface area contributed by atoms with E-state index < -0.39 is 5.97 Å². The first-order valence-corrected chi connectivity index (χ1v) is 6.69. The van der Waals surface area contributed by atoms with E-state index in [9.17, 15) is 9.90 Å². The van der Waals surface area contributed by atoms with Crippen LogP contribution in [0.2, 0.25) is 0 Å². The number of hydrogen-bond donors (Lipinski definition) is 1. The smallest absolute Gasteiger partial charge is 0.337 e. The van der Waals surface area contributed by atoms with Crippen LogP contribution in [0.15, 0.2) is 18.2 Å². The van der Waals surface area contributed by atoms with Crippen LogP contribution in [0.1, 0.15) is 55.7 Å². The Bertz CT molecular complexity index is 666. The second kappa shape index (κ2) is 3.83. The van der Waals surface area contributed by atoms with E-state index in [0.717, 1.165) is 29.7 Å². The van der Waals surface area contributed by atoms with E-state index in [0.29, 0.717) is 5.56 Å². The fourth-order valence-electron chi connectivity index (χ4n) is 2.66. The van der Waals surface area contributed by atoms with Crippen molar-refractivity contribution >= 4 is 17.0 Å². The molecule has 1 fully saturated rings. The molecule has 4 heteroatoms. The number of benzene rings is 1. The molecule has 3 rings (SSSR count). The highest BCUT2D eigenvalue weighted by Gasteiger charge is 2.42. The molecule has 1 aliphatic rings. The number of para-hydroxylation sites is 1. The number of carboxylic acids is 1. The van der Waals surface area contributed by atoms with Crippen LogP contribution in [0, 0.1) is 0 Å². The van der Waals surface area contributed by atoms with Crippen molar-refractivity contribution in [1.82, 2.24) is 9.55 Å². The molecule has 0 unspecified atom stereocenters. The van der Waals surface area contributed by atoms with Gasteiger partial charge >= 0.3 is 5.97 Å². The third-order valence-electron chi connectivity index (χ3n) is 3.96. The van der Waals surface area contributed by atoms with Gasteiger partial charge in [0, 0.05) is 11.5 Å². The Morgan fingerprint density at radius 3 is 2.63 bits per heavy atom. The largest absolute Gasteiger partial charge is 0.478 e. The first kappa shape index (κ1) is 12.2. The molecule has 1 heterocycles. The van der Waals surface area contributed by atoms with E-state index in [1.165, 1.54) is 0 Å². The minimum atomic E-state index is -0.883. The van der Waals surface area contributed by atoms with Crippen LogP contribution in [-0.4, -0.2) is 20.6 Å². The molecule has 100 valence electrons. The van der Waals surface area contributed by atoms with E-state index in [1.54, 1.807) is 12.1 Å². The molecule has 1 saturated carbocycles. The maximum atomic E-state index is 11.5. The van der Waals surface area contributed by atoms with Crippen molar-refractivity contribution < 1.29 is 9.90 Å². The van der Waals surface area contributed by atoms with Gasteiger partial charge in [0.2, 0.25) is 0 Å². The van der Waals surface area contributed by atoms with Crippen LogP contribution < -0.4 is 0 Å². The molecule has 0 radical (unpaired) electrons. The summed E-state index contributed by atoms with van der Waals surface area (Å²) in [6.07, 6.45) is 2.18. The Labute approximate surface area is 112 Å². The minimum Gasteiger partial charge on any atom is -0.478 e. The lowest BCUT2D eigenvalue weighted by Crippen LogP contribution is -2.18. The first-order valence-electron chi connectivity index (χ1n) is 6.69. The topological polar surface area (TPSA) is 55.1 Å². The lowest BCUT2D eigenvalue weighted by molar-refractivity contribution is 0.0698. The number of carbonyl (C=O) groups is 1. The highest BCUT2D eigenvalue weighted by atomic mass is 16.4. The van der Waals surface area contributed by atoms with Crippen molar-refractivity contribution in [2.75, 3.05) is 0 Å². The predicted molar refractivity (Wildman–Crippen MR) is 73.7 cm³/mol. The second-order valence-electron chi connectivity index (χ2n) is 5.94. The van der Waals surface area contributed by atoms with Crippen molar-refractivity contribution in [3.05, 3.63) is 29.6 Å². The fourth-order valence-corrected chi connectivity index (χ4v) is 2.66. The first-order chi connectivity index (χ1) is 8.94. The molecule has 1 aliphatic carbocycles. The highest BCUT2D eigenvalue weighted by molar-refractivity contribution is 6.01. The fraction of sp³-hybridized carbons (Fsp3) is 0.467. The van der Waals surface area contributed by atoms with E-state index in [-0.39, 0.29) is 11.5 Å². The van der Waals surface area contributed by atoms with Gasteiger partial charge in [0.15, 0.2) is 0 Å². The van der Waals surface area contributed by atoms with Crippen molar-refractivity contribution in [3.63, 3.8) is 0 Å².